The normalized spacial score (nSPS) is 20.6. The summed E-state index contributed by atoms with van der Waals surface area (Å²) >= 11 is 3.71. The lowest BCUT2D eigenvalue weighted by atomic mass is 9.49. The highest BCUT2D eigenvalue weighted by Crippen LogP contribution is 2.60. The molecule has 19 rings (SSSR count). The minimum atomic E-state index is -0.476. The van der Waals surface area contributed by atoms with Crippen molar-refractivity contribution >= 4 is 107 Å². The fourth-order valence-electron chi connectivity index (χ4n) is 17.8. The summed E-state index contributed by atoms with van der Waals surface area (Å²) in [6.07, 6.45) is 0. The van der Waals surface area contributed by atoms with E-state index in [0.29, 0.717) is 0 Å². The van der Waals surface area contributed by atoms with Crippen LogP contribution in [0.3, 0.4) is 0 Å². The average molecular weight is 1380 g/mol. The zero-order valence-corrected chi connectivity index (χ0v) is 63.5. The van der Waals surface area contributed by atoms with Crippen molar-refractivity contribution in [1.29, 1.82) is 0 Å². The molecule has 7 aliphatic rings. The van der Waals surface area contributed by atoms with Crippen molar-refractivity contribution in [1.82, 2.24) is 0 Å². The molecule has 6 nitrogen and oxygen atoms in total. The van der Waals surface area contributed by atoms with Gasteiger partial charge in [-0.1, -0.05) is 193 Å². The molecule has 3 saturated heterocycles. The van der Waals surface area contributed by atoms with E-state index in [0.717, 1.165) is 9.94 Å². The summed E-state index contributed by atoms with van der Waals surface area (Å²) in [7, 11) is -1.32. The summed E-state index contributed by atoms with van der Waals surface area (Å²) < 4.78 is 37.9. The summed E-state index contributed by atoms with van der Waals surface area (Å²) in [4.78, 5) is 0. The third-order valence-electron chi connectivity index (χ3n) is 25.9. The molecule has 3 aliphatic heterocycles. The van der Waals surface area contributed by atoms with Crippen LogP contribution >= 0.6 is 15.9 Å². The molecule has 12 aromatic carbocycles. The van der Waals surface area contributed by atoms with Gasteiger partial charge in [0.25, 0.3) is 0 Å². The highest BCUT2D eigenvalue weighted by Gasteiger charge is 2.64. The molecule has 0 atom stereocenters. The number of fused-ring (bicyclic) bond motifs is 24. The highest BCUT2D eigenvalue weighted by molar-refractivity contribution is 9.10. The maximum atomic E-state index is 6.46. The Balaban J connectivity index is 0.000000122. The van der Waals surface area contributed by atoms with Crippen molar-refractivity contribution in [2.24, 2.45) is 0 Å². The predicted octanol–water partition coefficient (Wildman–Crippen LogP) is 22.8. The minimum Gasteiger partial charge on any atom is -0.405 e. The van der Waals surface area contributed by atoms with Crippen LogP contribution in [-0.4, -0.2) is 54.7 Å². The fourth-order valence-corrected chi connectivity index (χ4v) is 18.2. The quantitative estimate of drug-likeness (QED) is 0.127. The Morgan fingerprint density at radius 2 is 0.450 bits per heavy atom. The Bertz CT molecular complexity index is 5490. The van der Waals surface area contributed by atoms with Crippen molar-refractivity contribution in [3.8, 4) is 44.5 Å². The maximum Gasteiger partial charge on any atom is 0.494 e. The van der Waals surface area contributed by atoms with Crippen LogP contribution in [0.15, 0.2) is 186 Å². The average Bonchev–Trinajstić information content (AvgIpc) is 1.48. The Hall–Kier alpha value is -7.37. The van der Waals surface area contributed by atoms with E-state index in [1.54, 1.807) is 0 Å². The van der Waals surface area contributed by atoms with Crippen LogP contribution in [0.5, 0.6) is 0 Å². The van der Waals surface area contributed by atoms with Crippen LogP contribution in [0.4, 0.5) is 0 Å². The number of rotatable bonds is 2. The molecule has 0 spiro atoms. The number of hydrogen-bond donors (Lipinski definition) is 0. The van der Waals surface area contributed by atoms with Gasteiger partial charge in [0.05, 0.1) is 33.6 Å². The van der Waals surface area contributed by atoms with Gasteiger partial charge in [0, 0.05) is 26.1 Å². The second-order valence-electron chi connectivity index (χ2n) is 34.8. The second-order valence-corrected chi connectivity index (χ2v) is 35.7. The highest BCUT2D eigenvalue weighted by atomic mass is 79.9. The Morgan fingerprint density at radius 3 is 0.770 bits per heavy atom. The van der Waals surface area contributed by atoms with Crippen molar-refractivity contribution < 1.29 is 27.9 Å². The van der Waals surface area contributed by atoms with E-state index in [1.165, 1.54) is 154 Å². The molecule has 0 radical (unpaired) electrons. The molecule has 100 heavy (non-hydrogen) atoms. The number of benzene rings is 12. The Labute approximate surface area is 600 Å². The van der Waals surface area contributed by atoms with Crippen LogP contribution < -0.4 is 5.46 Å². The molecule has 0 N–H and O–H groups in total. The molecular formula is C90H90B3BrO6. The van der Waals surface area contributed by atoms with Gasteiger partial charge in [0.2, 0.25) is 0 Å². The molecule has 3 fully saturated rings. The largest absolute Gasteiger partial charge is 0.494 e. The minimum absolute atomic E-state index is 0.0316. The maximum absolute atomic E-state index is 6.46. The molecule has 502 valence electrons. The molecule has 3 heterocycles. The van der Waals surface area contributed by atoms with E-state index in [9.17, 15) is 0 Å². The second kappa shape index (κ2) is 21.4. The first-order valence-electron chi connectivity index (χ1n) is 36.1. The molecule has 0 aromatic heterocycles. The van der Waals surface area contributed by atoms with E-state index in [2.05, 4.69) is 281 Å². The molecule has 12 aromatic rings. The van der Waals surface area contributed by atoms with Crippen LogP contribution in [0.2, 0.25) is 0 Å². The van der Waals surface area contributed by atoms with Crippen LogP contribution in [0.25, 0.3) is 109 Å². The molecular weight excluding hydrogens is 1290 g/mol. The van der Waals surface area contributed by atoms with Gasteiger partial charge in [-0.25, -0.2) is 0 Å². The first-order chi connectivity index (χ1) is 46.9. The van der Waals surface area contributed by atoms with Crippen molar-refractivity contribution in [3.63, 3.8) is 0 Å². The van der Waals surface area contributed by atoms with Gasteiger partial charge in [-0.2, -0.15) is 0 Å². The zero-order chi connectivity index (χ0) is 70.5. The zero-order valence-electron chi connectivity index (χ0n) is 61.9. The molecule has 10 heteroatoms. The molecule has 0 bridgehead atoms. The predicted molar refractivity (Wildman–Crippen MR) is 424 cm³/mol. The first-order valence-corrected chi connectivity index (χ1v) is 36.9. The fraction of sp³-hybridized carbons (Fsp3) is 0.333. The van der Waals surface area contributed by atoms with Crippen molar-refractivity contribution in [2.45, 2.75) is 194 Å². The Kier molecular flexibility index (Phi) is 14.1. The van der Waals surface area contributed by atoms with E-state index in [1.807, 2.05) is 55.4 Å². The smallest absolute Gasteiger partial charge is 0.405 e. The topological polar surface area (TPSA) is 55.4 Å². The van der Waals surface area contributed by atoms with Gasteiger partial charge in [0.15, 0.2) is 0 Å². The van der Waals surface area contributed by atoms with Crippen molar-refractivity contribution in [3.05, 3.63) is 231 Å². The third-order valence-corrected chi connectivity index (χ3v) is 26.4. The molecule has 0 amide bonds. The van der Waals surface area contributed by atoms with E-state index in [-0.39, 0.29) is 62.4 Å². The van der Waals surface area contributed by atoms with E-state index >= 15 is 0 Å². The lowest BCUT2D eigenvalue weighted by Crippen LogP contribution is -2.41. The summed E-state index contributed by atoms with van der Waals surface area (Å²) in [5.41, 5.74) is 20.9. The van der Waals surface area contributed by atoms with Crippen LogP contribution in [-0.2, 0) is 49.6 Å². The van der Waals surface area contributed by atoms with Crippen LogP contribution in [0, 0.1) is 0 Å². The third kappa shape index (κ3) is 9.31. The summed E-state index contributed by atoms with van der Waals surface area (Å²) in [6, 6.07) is 69.2. The SMILES string of the molecule is CC1(C)OB(B2OC(C)(C)C(C)(C)O2)OC1(C)C.CC1(C)c2cc(B3OC(C)(C)C(C)(C)O3)ccc2-c2cc3c(cc21)-c1cc2c4ccccc4c4ccccc4c2cc1C3(C)C.CC1(C)c2cc(Br)ccc2-c2cc3c(cc21)-c1cc2c4ccccc4c4ccccc4c2cc1C3(C)C. The standard InChI is InChI=1S/C42H39BO2.C36H27Br.C12H24B2O4/c1-39(2)35-19-24(43-44-41(5,6)42(7,8)45-43)17-18-29(35)33-22-38-34(23-37(33)39)32-20-30-27-15-11-9-13-25(27)26-14-10-12-16-28(26)31(30)21-36(32)40(38,3)4;1-35(2)31-15-20(37)13-14-25(31)29-18-34-30(19-33(29)35)28-16-26-23-11-7-5-9-21(23)22-10-6-8-12-24(22)27(26)17-32(28)36(34,3)4;1-9(2)10(3,4)16-13(15-9)14-17-11(5,6)12(7,8)18-14/h9-23H,1-8H3;5-19H,1-4H3;1-8H3. The van der Waals surface area contributed by atoms with E-state index < -0.39 is 14.0 Å². The van der Waals surface area contributed by atoms with Crippen molar-refractivity contribution in [2.75, 3.05) is 0 Å². The van der Waals surface area contributed by atoms with Gasteiger partial charge < -0.3 is 27.9 Å². The molecule has 0 unspecified atom stereocenters. The van der Waals surface area contributed by atoms with Gasteiger partial charge >= 0.3 is 21.1 Å². The number of halogens is 1. The van der Waals surface area contributed by atoms with Gasteiger partial charge in [-0.15, -0.1) is 0 Å². The monoisotopic (exact) mass is 1380 g/mol. The van der Waals surface area contributed by atoms with E-state index in [4.69, 9.17) is 27.9 Å². The lowest BCUT2D eigenvalue weighted by molar-refractivity contribution is 0.00578. The van der Waals surface area contributed by atoms with Gasteiger partial charge in [-0.3, -0.25) is 0 Å². The van der Waals surface area contributed by atoms with Crippen LogP contribution in [0.1, 0.15) is 183 Å². The first kappa shape index (κ1) is 65.9. The number of hydrogen-bond acceptors (Lipinski definition) is 6. The lowest BCUT2D eigenvalue weighted by Gasteiger charge is -2.32. The van der Waals surface area contributed by atoms with Gasteiger partial charge in [0.1, 0.15) is 0 Å². The Morgan fingerprint density at radius 1 is 0.220 bits per heavy atom. The summed E-state index contributed by atoms with van der Waals surface area (Å²) in [6.45, 7) is 43.8. The van der Waals surface area contributed by atoms with Gasteiger partial charge in [-0.05, 0) is 303 Å². The summed E-state index contributed by atoms with van der Waals surface area (Å²) in [5.74, 6) is 0. The molecule has 4 aliphatic carbocycles. The molecule has 0 saturated carbocycles. The summed E-state index contributed by atoms with van der Waals surface area (Å²) in [5, 5.41) is 16.0.